The molecule has 188 valence electrons. The summed E-state index contributed by atoms with van der Waals surface area (Å²) in [5, 5.41) is 0. The van der Waals surface area contributed by atoms with Crippen LogP contribution in [-0.4, -0.2) is 42.1 Å². The largest absolute Gasteiger partial charge is 0.464 e. The Morgan fingerprint density at radius 2 is 1.26 bits per heavy atom. The van der Waals surface area contributed by atoms with Crippen molar-refractivity contribution in [2.24, 2.45) is 0 Å². The molecule has 0 spiro atoms. The predicted octanol–water partition coefficient (Wildman–Crippen LogP) is 4.46. The maximum atomic E-state index is 12.6. The number of rotatable bonds is 16. The minimum atomic E-state index is -4.27. The van der Waals surface area contributed by atoms with E-state index in [1.165, 1.54) is 36.4 Å². The van der Waals surface area contributed by atoms with Crippen LogP contribution in [-0.2, 0) is 38.1 Å². The molecule has 0 aromatic heterocycles. The number of ether oxygens (including phenoxy) is 1. The fourth-order valence-electron chi connectivity index (χ4n) is 3.07. The highest BCUT2D eigenvalue weighted by Crippen LogP contribution is 2.18. The van der Waals surface area contributed by atoms with Gasteiger partial charge in [-0.15, -0.1) is 0 Å². The van der Waals surface area contributed by atoms with E-state index in [-0.39, 0.29) is 22.8 Å². The van der Waals surface area contributed by atoms with Gasteiger partial charge in [0, 0.05) is 6.42 Å². The Labute approximate surface area is 202 Å². The van der Waals surface area contributed by atoms with Crippen LogP contribution in [0, 0.1) is 0 Å². The lowest BCUT2D eigenvalue weighted by Gasteiger charge is -2.17. The molecule has 1 unspecified atom stereocenters. The average Bonchev–Trinajstić information content (AvgIpc) is 2.83. The van der Waals surface area contributed by atoms with Gasteiger partial charge in [-0.3, -0.25) is 8.37 Å². The molecular formula is C24H32O8S2. The Morgan fingerprint density at radius 1 is 0.735 bits per heavy atom. The van der Waals surface area contributed by atoms with Gasteiger partial charge in [-0.25, -0.2) is 4.79 Å². The lowest BCUT2D eigenvalue weighted by Crippen LogP contribution is -2.31. The minimum absolute atomic E-state index is 0.0463. The van der Waals surface area contributed by atoms with Crippen molar-refractivity contribution in [1.29, 1.82) is 0 Å². The van der Waals surface area contributed by atoms with Gasteiger partial charge in [0.1, 0.15) is 0 Å². The van der Waals surface area contributed by atoms with Crippen LogP contribution in [0.25, 0.3) is 0 Å². The van der Waals surface area contributed by atoms with Crippen LogP contribution >= 0.6 is 0 Å². The lowest BCUT2D eigenvalue weighted by molar-refractivity contribution is -0.152. The number of hydrogen-bond donors (Lipinski definition) is 0. The van der Waals surface area contributed by atoms with Crippen molar-refractivity contribution >= 4 is 26.2 Å². The van der Waals surface area contributed by atoms with Crippen molar-refractivity contribution in [2.75, 3.05) is 13.2 Å². The number of esters is 1. The van der Waals surface area contributed by atoms with Crippen molar-refractivity contribution in [2.45, 2.75) is 67.8 Å². The second kappa shape index (κ2) is 14.2. The standard InChI is InChI=1S/C24H32O8S2/c1-2-3-4-5-6-13-19-30-24(25)23(32-34(28,29)22-16-11-8-12-17-22)18-20-31-33(26,27)21-14-9-7-10-15-21/h7-12,14-17,23H,2-6,13,18-20H2,1H3. The molecule has 0 aliphatic carbocycles. The van der Waals surface area contributed by atoms with E-state index < -0.39 is 38.9 Å². The first-order valence-electron chi connectivity index (χ1n) is 11.4. The van der Waals surface area contributed by atoms with Crippen molar-refractivity contribution in [3.8, 4) is 0 Å². The van der Waals surface area contributed by atoms with E-state index in [9.17, 15) is 21.6 Å². The molecule has 0 heterocycles. The fraction of sp³-hybridized carbons (Fsp3) is 0.458. The van der Waals surface area contributed by atoms with Crippen LogP contribution in [0.15, 0.2) is 70.5 Å². The zero-order chi connectivity index (χ0) is 24.9. The topological polar surface area (TPSA) is 113 Å². The van der Waals surface area contributed by atoms with Crippen LogP contribution in [0.1, 0.15) is 51.9 Å². The lowest BCUT2D eigenvalue weighted by atomic mass is 10.1. The molecule has 0 aliphatic rings. The molecule has 0 aliphatic heterocycles. The Morgan fingerprint density at radius 3 is 1.85 bits per heavy atom. The maximum absolute atomic E-state index is 12.6. The van der Waals surface area contributed by atoms with Crippen molar-refractivity contribution < 1.29 is 34.7 Å². The smallest absolute Gasteiger partial charge is 0.336 e. The fourth-order valence-corrected chi connectivity index (χ4v) is 5.09. The van der Waals surface area contributed by atoms with Gasteiger partial charge in [0.15, 0.2) is 6.10 Å². The molecule has 8 nitrogen and oxygen atoms in total. The number of benzene rings is 2. The van der Waals surface area contributed by atoms with Crippen LogP contribution in [0.4, 0.5) is 0 Å². The molecule has 2 rings (SSSR count). The van der Waals surface area contributed by atoms with E-state index in [2.05, 4.69) is 6.92 Å². The van der Waals surface area contributed by atoms with Gasteiger partial charge < -0.3 is 4.74 Å². The second-order valence-corrected chi connectivity index (χ2v) is 10.9. The van der Waals surface area contributed by atoms with E-state index in [1.807, 2.05) is 0 Å². The Hall–Kier alpha value is -2.27. The molecule has 0 radical (unpaired) electrons. The summed E-state index contributed by atoms with van der Waals surface area (Å²) in [5.74, 6) is -0.881. The third kappa shape index (κ3) is 9.54. The summed E-state index contributed by atoms with van der Waals surface area (Å²) in [4.78, 5) is 12.4. The molecular weight excluding hydrogens is 480 g/mol. The Kier molecular flexibility index (Phi) is 11.7. The van der Waals surface area contributed by atoms with Crippen molar-refractivity contribution in [3.63, 3.8) is 0 Å². The van der Waals surface area contributed by atoms with Gasteiger partial charge in [-0.05, 0) is 30.7 Å². The number of hydrogen-bond acceptors (Lipinski definition) is 8. The van der Waals surface area contributed by atoms with Gasteiger partial charge in [-0.2, -0.15) is 16.8 Å². The molecule has 34 heavy (non-hydrogen) atoms. The highest BCUT2D eigenvalue weighted by Gasteiger charge is 2.29. The molecule has 10 heteroatoms. The van der Waals surface area contributed by atoms with Gasteiger partial charge in [0.05, 0.1) is 23.0 Å². The molecule has 2 aromatic rings. The number of carbonyl (C=O) groups excluding carboxylic acids is 1. The van der Waals surface area contributed by atoms with E-state index in [4.69, 9.17) is 13.1 Å². The van der Waals surface area contributed by atoms with Gasteiger partial charge in [0.25, 0.3) is 20.2 Å². The Balaban J connectivity index is 1.99. The molecule has 0 fully saturated rings. The van der Waals surface area contributed by atoms with Gasteiger partial charge in [-0.1, -0.05) is 75.4 Å². The van der Waals surface area contributed by atoms with E-state index >= 15 is 0 Å². The zero-order valence-corrected chi connectivity index (χ0v) is 20.9. The molecule has 1 atom stereocenters. The summed E-state index contributed by atoms with van der Waals surface area (Å²) in [7, 11) is -8.34. The molecule has 2 aromatic carbocycles. The summed E-state index contributed by atoms with van der Waals surface area (Å²) < 4.78 is 65.2. The molecule has 0 saturated heterocycles. The quantitative estimate of drug-likeness (QED) is 0.184. The van der Waals surface area contributed by atoms with Gasteiger partial charge >= 0.3 is 5.97 Å². The molecule has 0 amide bonds. The number of unbranched alkanes of at least 4 members (excludes halogenated alkanes) is 5. The summed E-state index contributed by atoms with van der Waals surface area (Å²) in [6.07, 6.45) is 4.08. The van der Waals surface area contributed by atoms with Crippen LogP contribution in [0.5, 0.6) is 0 Å². The monoisotopic (exact) mass is 512 g/mol. The third-order valence-electron chi connectivity index (χ3n) is 4.93. The Bertz CT molecular complexity index is 1070. The van der Waals surface area contributed by atoms with Crippen molar-refractivity contribution in [3.05, 3.63) is 60.7 Å². The average molecular weight is 513 g/mol. The van der Waals surface area contributed by atoms with Gasteiger partial charge in [0.2, 0.25) is 0 Å². The second-order valence-electron chi connectivity index (χ2n) is 7.67. The van der Waals surface area contributed by atoms with Crippen molar-refractivity contribution in [1.82, 2.24) is 0 Å². The molecule has 0 N–H and O–H groups in total. The SMILES string of the molecule is CCCCCCCCOC(=O)C(CCOS(=O)(=O)c1ccccc1)OS(=O)(=O)c1ccccc1. The molecule has 0 saturated carbocycles. The predicted molar refractivity (Wildman–Crippen MR) is 127 cm³/mol. The minimum Gasteiger partial charge on any atom is -0.464 e. The first kappa shape index (κ1) is 28.0. The van der Waals surface area contributed by atoms with Crippen LogP contribution in [0.3, 0.4) is 0 Å². The normalized spacial score (nSPS) is 12.9. The maximum Gasteiger partial charge on any atom is 0.336 e. The summed E-state index contributed by atoms with van der Waals surface area (Å²) >= 11 is 0. The summed E-state index contributed by atoms with van der Waals surface area (Å²) in [6.45, 7) is 1.79. The first-order valence-corrected chi connectivity index (χ1v) is 14.2. The summed E-state index contributed by atoms with van der Waals surface area (Å²) in [5.41, 5.74) is 0. The zero-order valence-electron chi connectivity index (χ0n) is 19.3. The molecule has 0 bridgehead atoms. The van der Waals surface area contributed by atoms with E-state index in [1.54, 1.807) is 24.3 Å². The van der Waals surface area contributed by atoms with E-state index in [0.717, 1.165) is 32.1 Å². The summed E-state index contributed by atoms with van der Waals surface area (Å²) in [6, 6.07) is 14.9. The highest BCUT2D eigenvalue weighted by atomic mass is 32.2. The van der Waals surface area contributed by atoms with Crippen LogP contribution < -0.4 is 0 Å². The highest BCUT2D eigenvalue weighted by molar-refractivity contribution is 7.87. The van der Waals surface area contributed by atoms with E-state index in [0.29, 0.717) is 6.42 Å². The van der Waals surface area contributed by atoms with Crippen LogP contribution in [0.2, 0.25) is 0 Å². The first-order chi connectivity index (χ1) is 16.3. The number of carbonyl (C=O) groups is 1. The third-order valence-corrected chi connectivity index (χ3v) is 7.59.